The highest BCUT2D eigenvalue weighted by molar-refractivity contribution is 6.30. The molecule has 1 saturated carbocycles. The maximum atomic E-state index is 12.4. The Hall–Kier alpha value is -1.88. The second-order valence-corrected chi connectivity index (χ2v) is 6.54. The van der Waals surface area contributed by atoms with E-state index in [0.717, 1.165) is 31.2 Å². The smallest absolute Gasteiger partial charge is 0.223 e. The number of halogens is 1. The van der Waals surface area contributed by atoms with E-state index in [1.165, 1.54) is 0 Å². The third-order valence-corrected chi connectivity index (χ3v) is 4.60. The number of aromatic nitrogens is 2. The maximum Gasteiger partial charge on any atom is 0.223 e. The van der Waals surface area contributed by atoms with Gasteiger partial charge in [-0.1, -0.05) is 41.7 Å². The summed E-state index contributed by atoms with van der Waals surface area (Å²) in [5, 5.41) is 7.89. The number of aryl methyl sites for hydroxylation is 2. The number of rotatable bonds is 5. The Morgan fingerprint density at radius 3 is 2.61 bits per heavy atom. The lowest BCUT2D eigenvalue weighted by Crippen LogP contribution is -2.44. The van der Waals surface area contributed by atoms with Crippen LogP contribution < -0.4 is 5.32 Å². The first kappa shape index (κ1) is 16.0. The van der Waals surface area contributed by atoms with E-state index in [2.05, 4.69) is 15.5 Å². The Morgan fingerprint density at radius 2 is 2.00 bits per heavy atom. The van der Waals surface area contributed by atoms with Gasteiger partial charge in [-0.2, -0.15) is 4.98 Å². The first-order valence-corrected chi connectivity index (χ1v) is 8.31. The molecule has 1 aromatic heterocycles. The summed E-state index contributed by atoms with van der Waals surface area (Å²) in [6, 6.07) is 7.58. The van der Waals surface area contributed by atoms with Gasteiger partial charge in [0, 0.05) is 18.4 Å². The molecule has 0 radical (unpaired) electrons. The molecule has 23 heavy (non-hydrogen) atoms. The van der Waals surface area contributed by atoms with E-state index < -0.39 is 5.54 Å². The molecule has 6 heteroatoms. The topological polar surface area (TPSA) is 68.0 Å². The van der Waals surface area contributed by atoms with E-state index >= 15 is 0 Å². The molecule has 1 aromatic carbocycles. The monoisotopic (exact) mass is 333 g/mol. The van der Waals surface area contributed by atoms with Crippen molar-refractivity contribution in [3.05, 3.63) is 46.6 Å². The van der Waals surface area contributed by atoms with Crippen LogP contribution in [0.3, 0.4) is 0 Å². The van der Waals surface area contributed by atoms with Gasteiger partial charge in [-0.3, -0.25) is 4.79 Å². The van der Waals surface area contributed by atoms with Crippen molar-refractivity contribution in [3.8, 4) is 0 Å². The van der Waals surface area contributed by atoms with E-state index in [0.29, 0.717) is 29.6 Å². The summed E-state index contributed by atoms with van der Waals surface area (Å²) >= 11 is 5.87. The van der Waals surface area contributed by atoms with Crippen molar-refractivity contribution in [3.63, 3.8) is 0 Å². The lowest BCUT2D eigenvalue weighted by Gasteiger charge is -2.26. The van der Waals surface area contributed by atoms with Gasteiger partial charge in [0.1, 0.15) is 5.54 Å². The first-order chi connectivity index (χ1) is 11.1. The average Bonchev–Trinajstić information content (AvgIpc) is 3.17. The van der Waals surface area contributed by atoms with E-state index in [1.807, 2.05) is 24.3 Å². The fraction of sp³-hybridized carbons (Fsp3) is 0.471. The van der Waals surface area contributed by atoms with Crippen LogP contribution in [0, 0.1) is 6.92 Å². The summed E-state index contributed by atoms with van der Waals surface area (Å²) in [6.45, 7) is 1.77. The first-order valence-electron chi connectivity index (χ1n) is 7.94. The number of hydrogen-bond donors (Lipinski definition) is 1. The van der Waals surface area contributed by atoms with Gasteiger partial charge in [0.25, 0.3) is 0 Å². The highest BCUT2D eigenvalue weighted by Crippen LogP contribution is 2.37. The van der Waals surface area contributed by atoms with Crippen LogP contribution >= 0.6 is 11.6 Å². The van der Waals surface area contributed by atoms with E-state index in [1.54, 1.807) is 6.92 Å². The zero-order valence-electron chi connectivity index (χ0n) is 13.1. The van der Waals surface area contributed by atoms with Gasteiger partial charge in [-0.15, -0.1) is 0 Å². The third-order valence-electron chi connectivity index (χ3n) is 4.35. The van der Waals surface area contributed by atoms with Crippen LogP contribution in [-0.2, 0) is 16.8 Å². The van der Waals surface area contributed by atoms with E-state index in [4.69, 9.17) is 16.1 Å². The van der Waals surface area contributed by atoms with Gasteiger partial charge in [-0.25, -0.2) is 0 Å². The molecule has 3 rings (SSSR count). The van der Waals surface area contributed by atoms with Crippen molar-refractivity contribution in [1.29, 1.82) is 0 Å². The quantitative estimate of drug-likeness (QED) is 0.908. The van der Waals surface area contributed by atoms with Crippen molar-refractivity contribution < 1.29 is 9.32 Å². The fourth-order valence-corrected chi connectivity index (χ4v) is 3.24. The summed E-state index contributed by atoms with van der Waals surface area (Å²) in [4.78, 5) is 16.7. The number of nitrogens with zero attached hydrogens (tertiary/aromatic N) is 2. The standard InChI is InChI=1S/C17H20ClN3O2/c1-12-19-16(21-23-12)17(10-2-3-11-17)20-15(22)9-6-13-4-7-14(18)8-5-13/h4-5,7-8H,2-3,6,9-11H2,1H3,(H,20,22). The van der Waals surface area contributed by atoms with Gasteiger partial charge < -0.3 is 9.84 Å². The summed E-state index contributed by atoms with van der Waals surface area (Å²) in [7, 11) is 0. The average molecular weight is 334 g/mol. The molecule has 0 spiro atoms. The Balaban J connectivity index is 1.64. The molecule has 1 aliphatic rings. The largest absolute Gasteiger partial charge is 0.343 e. The number of hydrogen-bond acceptors (Lipinski definition) is 4. The number of nitrogens with one attached hydrogen (secondary N) is 1. The Morgan fingerprint density at radius 1 is 1.30 bits per heavy atom. The van der Waals surface area contributed by atoms with Crippen LogP contribution in [0.2, 0.25) is 5.02 Å². The second-order valence-electron chi connectivity index (χ2n) is 6.10. The Bertz CT molecular complexity index is 675. The zero-order valence-corrected chi connectivity index (χ0v) is 13.9. The molecule has 0 aliphatic heterocycles. The highest BCUT2D eigenvalue weighted by atomic mass is 35.5. The summed E-state index contributed by atoms with van der Waals surface area (Å²) in [5.74, 6) is 1.15. The van der Waals surface area contributed by atoms with Gasteiger partial charge in [0.2, 0.25) is 11.8 Å². The molecule has 1 heterocycles. The molecule has 0 saturated heterocycles. The zero-order chi connectivity index (χ0) is 16.3. The molecular weight excluding hydrogens is 314 g/mol. The van der Waals surface area contributed by atoms with Crippen molar-refractivity contribution in [2.75, 3.05) is 0 Å². The molecule has 1 fully saturated rings. The fourth-order valence-electron chi connectivity index (χ4n) is 3.12. The maximum absolute atomic E-state index is 12.4. The minimum Gasteiger partial charge on any atom is -0.343 e. The van der Waals surface area contributed by atoms with Crippen molar-refractivity contribution in [2.45, 2.75) is 51.0 Å². The van der Waals surface area contributed by atoms with Crippen LogP contribution in [0.5, 0.6) is 0 Å². The molecule has 0 bridgehead atoms. The van der Waals surface area contributed by atoms with Crippen LogP contribution in [0.15, 0.2) is 28.8 Å². The van der Waals surface area contributed by atoms with Crippen molar-refractivity contribution >= 4 is 17.5 Å². The second kappa shape index (κ2) is 6.71. The number of carbonyl (C=O) groups excluding carboxylic acids is 1. The molecule has 122 valence electrons. The predicted octanol–water partition coefficient (Wildman–Crippen LogP) is 3.55. The summed E-state index contributed by atoms with van der Waals surface area (Å²) in [6.07, 6.45) is 4.96. The van der Waals surface area contributed by atoms with Crippen molar-refractivity contribution in [1.82, 2.24) is 15.5 Å². The molecule has 1 N–H and O–H groups in total. The molecule has 1 aliphatic carbocycles. The molecule has 2 aromatic rings. The van der Waals surface area contributed by atoms with Crippen LogP contribution in [0.25, 0.3) is 0 Å². The van der Waals surface area contributed by atoms with Gasteiger partial charge >= 0.3 is 0 Å². The minimum absolute atomic E-state index is 0.0179. The number of carbonyl (C=O) groups is 1. The number of amides is 1. The van der Waals surface area contributed by atoms with Crippen LogP contribution in [-0.4, -0.2) is 16.0 Å². The van der Waals surface area contributed by atoms with Crippen molar-refractivity contribution in [2.24, 2.45) is 0 Å². The molecular formula is C17H20ClN3O2. The Kier molecular flexibility index (Phi) is 4.66. The normalized spacial score (nSPS) is 16.4. The molecule has 5 nitrogen and oxygen atoms in total. The van der Waals surface area contributed by atoms with Crippen LogP contribution in [0.1, 0.15) is 49.4 Å². The molecule has 0 atom stereocenters. The Labute approximate surface area is 140 Å². The summed E-state index contributed by atoms with van der Waals surface area (Å²) in [5.41, 5.74) is 0.634. The molecule has 0 unspecified atom stereocenters. The van der Waals surface area contributed by atoms with E-state index in [-0.39, 0.29) is 5.91 Å². The minimum atomic E-state index is -0.463. The van der Waals surface area contributed by atoms with Gasteiger partial charge in [-0.05, 0) is 37.0 Å². The number of benzene rings is 1. The van der Waals surface area contributed by atoms with E-state index in [9.17, 15) is 4.79 Å². The lowest BCUT2D eigenvalue weighted by atomic mass is 9.96. The third kappa shape index (κ3) is 3.72. The molecule has 1 amide bonds. The van der Waals surface area contributed by atoms with Crippen LogP contribution in [0.4, 0.5) is 0 Å². The highest BCUT2D eigenvalue weighted by Gasteiger charge is 2.41. The summed E-state index contributed by atoms with van der Waals surface area (Å²) < 4.78 is 5.10. The SMILES string of the molecule is Cc1nc(C2(NC(=O)CCc3ccc(Cl)cc3)CCCC2)no1. The van der Waals surface area contributed by atoms with Gasteiger partial charge in [0.05, 0.1) is 0 Å². The predicted molar refractivity (Wildman–Crippen MR) is 87.1 cm³/mol. The van der Waals surface area contributed by atoms with Gasteiger partial charge in [0.15, 0.2) is 5.82 Å². The lowest BCUT2D eigenvalue weighted by molar-refractivity contribution is -0.123.